The molecule has 0 atom stereocenters. The fourth-order valence-electron chi connectivity index (χ4n) is 0.270. The Morgan fingerprint density at radius 2 is 2.25 bits per heavy atom. The van der Waals surface area contributed by atoms with Gasteiger partial charge in [0.1, 0.15) is 4.60 Å². The molecular weight excluding hydrogens is 169 g/mol. The normalized spacial score (nSPS) is 9.12. The third-order valence-corrected chi connectivity index (χ3v) is 0.915. The zero-order valence-corrected chi connectivity index (χ0v) is 5.46. The molecule has 0 aliphatic heterocycles. The van der Waals surface area contributed by atoms with Crippen LogP contribution in [0.1, 0.15) is 0 Å². The van der Waals surface area contributed by atoms with Crippen LogP contribution < -0.4 is 5.72 Å². The topological polar surface area (TPSA) is 38.7 Å². The molecule has 0 bridgehead atoms. The Bertz CT molecular complexity index is 153. The summed E-state index contributed by atoms with van der Waals surface area (Å²) < 4.78 is 0.590. The fraction of sp³-hybridized carbons (Fsp3) is 0. The first kappa shape index (κ1) is 5.69. The predicted octanol–water partition coefficient (Wildman–Crippen LogP) is -0.572. The van der Waals surface area contributed by atoms with E-state index < -0.39 is 0 Å². The molecule has 5 heteroatoms. The Morgan fingerprint density at radius 3 is 2.62 bits per heavy atom. The van der Waals surface area contributed by atoms with Gasteiger partial charge in [-0.25, -0.2) is 4.98 Å². The average molecular weight is 170 g/mol. The molecular formula is C3HBBrN3. The molecule has 0 saturated heterocycles. The monoisotopic (exact) mass is 169 g/mol. The molecule has 0 amide bonds. The quantitative estimate of drug-likeness (QED) is 0.489. The molecule has 8 heavy (non-hydrogen) atoms. The van der Waals surface area contributed by atoms with Crippen LogP contribution >= 0.6 is 15.9 Å². The van der Waals surface area contributed by atoms with E-state index in [9.17, 15) is 0 Å². The van der Waals surface area contributed by atoms with Crippen molar-refractivity contribution in [3.8, 4) is 0 Å². The van der Waals surface area contributed by atoms with Crippen molar-refractivity contribution in [1.29, 1.82) is 0 Å². The van der Waals surface area contributed by atoms with Crippen molar-refractivity contribution >= 4 is 29.5 Å². The summed E-state index contributed by atoms with van der Waals surface area (Å²) in [5.41, 5.74) is 0.188. The number of halogens is 1. The number of hydrogen-bond acceptors (Lipinski definition) is 3. The molecule has 0 N–H and O–H groups in total. The van der Waals surface area contributed by atoms with Gasteiger partial charge < -0.3 is 0 Å². The summed E-state index contributed by atoms with van der Waals surface area (Å²) in [5, 5.41) is 7.01. The molecule has 2 radical (unpaired) electrons. The lowest BCUT2D eigenvalue weighted by Crippen LogP contribution is -2.13. The Morgan fingerprint density at radius 1 is 1.50 bits per heavy atom. The molecule has 1 aromatic heterocycles. The van der Waals surface area contributed by atoms with E-state index in [1.807, 2.05) is 0 Å². The lowest BCUT2D eigenvalue weighted by molar-refractivity contribution is 0.983. The summed E-state index contributed by atoms with van der Waals surface area (Å²) in [6.07, 6.45) is 1.49. The first-order valence-corrected chi connectivity index (χ1v) is 2.69. The van der Waals surface area contributed by atoms with Crippen LogP contribution in [0.15, 0.2) is 10.8 Å². The van der Waals surface area contributed by atoms with Gasteiger partial charge in [0.25, 0.3) is 0 Å². The summed E-state index contributed by atoms with van der Waals surface area (Å²) in [4.78, 5) is 3.64. The van der Waals surface area contributed by atoms with Crippen molar-refractivity contribution in [3.63, 3.8) is 0 Å². The van der Waals surface area contributed by atoms with E-state index in [0.717, 1.165) is 0 Å². The van der Waals surface area contributed by atoms with E-state index in [2.05, 4.69) is 31.1 Å². The second-order valence-electron chi connectivity index (χ2n) is 1.14. The van der Waals surface area contributed by atoms with Crippen LogP contribution in [0.5, 0.6) is 0 Å². The third-order valence-electron chi connectivity index (χ3n) is 0.551. The van der Waals surface area contributed by atoms with Gasteiger partial charge in [-0.15, -0.1) is 10.2 Å². The maximum Gasteiger partial charge on any atom is 0.173 e. The largest absolute Gasteiger partial charge is 0.249 e. The molecule has 0 aliphatic rings. The van der Waals surface area contributed by atoms with Crippen molar-refractivity contribution in [3.05, 3.63) is 10.8 Å². The Balaban J connectivity index is 3.03. The van der Waals surface area contributed by atoms with Gasteiger partial charge in [-0.2, -0.15) is 0 Å². The summed E-state index contributed by atoms with van der Waals surface area (Å²) in [6, 6.07) is 0. The molecule has 0 saturated carbocycles. The van der Waals surface area contributed by atoms with Crippen molar-refractivity contribution in [2.24, 2.45) is 0 Å². The van der Waals surface area contributed by atoms with Gasteiger partial charge in [0.2, 0.25) is 0 Å². The molecule has 0 aliphatic carbocycles. The second-order valence-corrected chi connectivity index (χ2v) is 1.95. The molecule has 1 aromatic rings. The average Bonchev–Trinajstić information content (AvgIpc) is 1.77. The van der Waals surface area contributed by atoms with Gasteiger partial charge in [-0.1, -0.05) is 0 Å². The van der Waals surface area contributed by atoms with Gasteiger partial charge in [0.05, 0.1) is 11.9 Å². The molecule has 0 spiro atoms. The van der Waals surface area contributed by atoms with Gasteiger partial charge in [-0.05, 0) is 15.9 Å². The molecule has 1 rings (SSSR count). The fourth-order valence-corrected chi connectivity index (χ4v) is 0.452. The molecule has 0 unspecified atom stereocenters. The van der Waals surface area contributed by atoms with E-state index in [1.54, 1.807) is 0 Å². The minimum atomic E-state index is 0.188. The summed E-state index contributed by atoms with van der Waals surface area (Å²) in [6.45, 7) is 0. The van der Waals surface area contributed by atoms with E-state index in [4.69, 9.17) is 7.85 Å². The lowest BCUT2D eigenvalue weighted by atomic mass is 10.1. The SMILES string of the molecule is [B]c1ncc(Br)nn1. The van der Waals surface area contributed by atoms with E-state index >= 15 is 0 Å². The minimum Gasteiger partial charge on any atom is -0.249 e. The van der Waals surface area contributed by atoms with Crippen LogP contribution in [0.3, 0.4) is 0 Å². The number of rotatable bonds is 0. The molecule has 0 fully saturated rings. The van der Waals surface area contributed by atoms with E-state index in [1.165, 1.54) is 6.20 Å². The molecule has 0 aromatic carbocycles. The van der Waals surface area contributed by atoms with Crippen LogP contribution in [-0.2, 0) is 0 Å². The highest BCUT2D eigenvalue weighted by molar-refractivity contribution is 9.10. The molecule has 1 heterocycles. The van der Waals surface area contributed by atoms with Crippen LogP contribution in [0, 0.1) is 0 Å². The van der Waals surface area contributed by atoms with Crippen molar-refractivity contribution < 1.29 is 0 Å². The van der Waals surface area contributed by atoms with Crippen LogP contribution in [0.2, 0.25) is 0 Å². The van der Waals surface area contributed by atoms with Crippen molar-refractivity contribution in [2.75, 3.05) is 0 Å². The third kappa shape index (κ3) is 1.26. The van der Waals surface area contributed by atoms with Gasteiger partial charge >= 0.3 is 0 Å². The summed E-state index contributed by atoms with van der Waals surface area (Å²) in [7, 11) is 5.12. The zero-order chi connectivity index (χ0) is 5.98. The van der Waals surface area contributed by atoms with Crippen molar-refractivity contribution in [1.82, 2.24) is 15.2 Å². The van der Waals surface area contributed by atoms with Gasteiger partial charge in [0.15, 0.2) is 7.85 Å². The van der Waals surface area contributed by atoms with Crippen LogP contribution in [0.4, 0.5) is 0 Å². The zero-order valence-electron chi connectivity index (χ0n) is 3.87. The van der Waals surface area contributed by atoms with Gasteiger partial charge in [-0.3, -0.25) is 0 Å². The Kier molecular flexibility index (Phi) is 1.58. The first-order valence-electron chi connectivity index (χ1n) is 1.90. The predicted molar refractivity (Wildman–Crippen MR) is 32.9 cm³/mol. The maximum absolute atomic E-state index is 5.12. The van der Waals surface area contributed by atoms with E-state index in [0.29, 0.717) is 4.60 Å². The number of hydrogen-bond donors (Lipinski definition) is 0. The highest BCUT2D eigenvalue weighted by atomic mass is 79.9. The Labute approximate surface area is 56.1 Å². The highest BCUT2D eigenvalue weighted by Crippen LogP contribution is 1.95. The Hall–Kier alpha value is -0.445. The minimum absolute atomic E-state index is 0.188. The summed E-state index contributed by atoms with van der Waals surface area (Å²) >= 11 is 3.05. The van der Waals surface area contributed by atoms with Crippen LogP contribution in [0.25, 0.3) is 0 Å². The summed E-state index contributed by atoms with van der Waals surface area (Å²) in [5.74, 6) is 0. The number of aromatic nitrogens is 3. The van der Waals surface area contributed by atoms with E-state index in [-0.39, 0.29) is 5.72 Å². The van der Waals surface area contributed by atoms with Gasteiger partial charge in [0, 0.05) is 0 Å². The highest BCUT2D eigenvalue weighted by Gasteiger charge is 1.85. The standard InChI is InChI=1S/C3HBBrN3/c4-3-6-1-2(5)7-8-3/h1H. The molecule has 38 valence electrons. The lowest BCUT2D eigenvalue weighted by Gasteiger charge is -1.86. The first-order chi connectivity index (χ1) is 3.79. The van der Waals surface area contributed by atoms with Crippen molar-refractivity contribution in [2.45, 2.75) is 0 Å². The second kappa shape index (κ2) is 2.22. The number of nitrogens with zero attached hydrogens (tertiary/aromatic N) is 3. The maximum atomic E-state index is 5.12. The smallest absolute Gasteiger partial charge is 0.173 e. The molecule has 3 nitrogen and oxygen atoms in total. The van der Waals surface area contributed by atoms with Crippen LogP contribution in [-0.4, -0.2) is 23.0 Å².